The van der Waals surface area contributed by atoms with Crippen LogP contribution >= 0.6 is 0 Å². The largest absolute Gasteiger partial charge is 0.338 e. The Hall–Kier alpha value is -3.42. The van der Waals surface area contributed by atoms with Crippen molar-refractivity contribution in [1.82, 2.24) is 30.2 Å². The lowest BCUT2D eigenvalue weighted by Gasteiger charge is -1.99. The highest BCUT2D eigenvalue weighted by Crippen LogP contribution is 2.26. The van der Waals surface area contributed by atoms with Crippen molar-refractivity contribution in [3.8, 4) is 23.0 Å². The predicted octanol–water partition coefficient (Wildman–Crippen LogP) is 3.35. The maximum absolute atomic E-state index is 5.38. The zero-order valence-corrected chi connectivity index (χ0v) is 14.5. The molecular weight excluding hydrogens is 332 g/mol. The first-order chi connectivity index (χ1) is 12.6. The molecule has 0 N–H and O–H groups in total. The van der Waals surface area contributed by atoms with Crippen LogP contribution in [0.3, 0.4) is 0 Å². The van der Waals surface area contributed by atoms with Crippen LogP contribution in [0.25, 0.3) is 23.0 Å². The molecule has 0 aliphatic heterocycles. The van der Waals surface area contributed by atoms with Gasteiger partial charge in [0.05, 0.1) is 0 Å². The molecular formula is C18H16N6O2. The number of aryl methyl sites for hydroxylation is 2. The van der Waals surface area contributed by atoms with E-state index in [9.17, 15) is 0 Å². The normalized spacial score (nSPS) is 11.2. The Balaban J connectivity index is 1.62. The Morgan fingerprint density at radius 1 is 0.769 bits per heavy atom. The zero-order valence-electron chi connectivity index (χ0n) is 14.5. The van der Waals surface area contributed by atoms with E-state index in [2.05, 4.69) is 30.2 Å². The van der Waals surface area contributed by atoms with Gasteiger partial charge in [-0.25, -0.2) is 0 Å². The number of hydrogen-bond donors (Lipinski definition) is 0. The Labute approximate surface area is 149 Å². The van der Waals surface area contributed by atoms with Gasteiger partial charge in [-0.15, -0.1) is 0 Å². The average Bonchev–Trinajstić information content (AvgIpc) is 3.32. The van der Waals surface area contributed by atoms with Gasteiger partial charge in [-0.3, -0.25) is 9.97 Å². The molecule has 4 rings (SSSR count). The minimum atomic E-state index is -0.342. The summed E-state index contributed by atoms with van der Waals surface area (Å²) in [6.07, 6.45) is 3.39. The van der Waals surface area contributed by atoms with E-state index in [1.165, 1.54) is 0 Å². The Kier molecular flexibility index (Phi) is 4.00. The van der Waals surface area contributed by atoms with Crippen molar-refractivity contribution < 1.29 is 9.05 Å². The molecule has 0 bridgehead atoms. The fourth-order valence-corrected chi connectivity index (χ4v) is 2.56. The van der Waals surface area contributed by atoms with Crippen molar-refractivity contribution in [3.63, 3.8) is 0 Å². The first kappa shape index (κ1) is 16.1. The molecule has 8 heteroatoms. The lowest BCUT2D eigenvalue weighted by molar-refractivity contribution is 0.324. The van der Waals surface area contributed by atoms with Gasteiger partial charge in [0, 0.05) is 12.4 Å². The third kappa shape index (κ3) is 2.85. The molecule has 0 saturated carbocycles. The molecule has 0 unspecified atom stereocenters. The van der Waals surface area contributed by atoms with Crippen LogP contribution in [0.15, 0.2) is 45.7 Å². The average molecular weight is 348 g/mol. The van der Waals surface area contributed by atoms with Crippen LogP contribution in [0, 0.1) is 13.8 Å². The second-order valence-electron chi connectivity index (χ2n) is 5.97. The van der Waals surface area contributed by atoms with Crippen molar-refractivity contribution in [3.05, 3.63) is 59.6 Å². The molecule has 0 radical (unpaired) electrons. The fourth-order valence-electron chi connectivity index (χ4n) is 2.56. The number of pyridine rings is 2. The quantitative estimate of drug-likeness (QED) is 0.553. The lowest BCUT2D eigenvalue weighted by Crippen LogP contribution is -1.98. The minimum absolute atomic E-state index is 0.342. The molecule has 0 fully saturated rings. The SMILES string of the molecule is Cc1cccnc1-c1noc(C(C)c2nc(-c3ncccc3C)no2)n1. The Morgan fingerprint density at radius 3 is 1.65 bits per heavy atom. The summed E-state index contributed by atoms with van der Waals surface area (Å²) in [7, 11) is 0. The van der Waals surface area contributed by atoms with E-state index in [4.69, 9.17) is 9.05 Å². The van der Waals surface area contributed by atoms with E-state index in [0.29, 0.717) is 34.8 Å². The van der Waals surface area contributed by atoms with Crippen molar-refractivity contribution in [2.75, 3.05) is 0 Å². The fraction of sp³-hybridized carbons (Fsp3) is 0.222. The summed E-state index contributed by atoms with van der Waals surface area (Å²) in [5, 5.41) is 8.04. The van der Waals surface area contributed by atoms with Gasteiger partial charge >= 0.3 is 0 Å². The standard InChI is InChI=1S/C18H16N6O2/c1-10-6-4-8-19-13(10)15-21-17(25-23-15)12(3)18-22-16(24-26-18)14-11(2)7-5-9-20-14/h4-9,12H,1-3H3. The highest BCUT2D eigenvalue weighted by atomic mass is 16.5. The van der Waals surface area contributed by atoms with E-state index < -0.39 is 0 Å². The molecule has 4 aromatic rings. The molecule has 130 valence electrons. The molecule has 4 aromatic heterocycles. The van der Waals surface area contributed by atoms with Crippen LogP contribution in [0.5, 0.6) is 0 Å². The molecule has 0 aromatic carbocycles. The molecule has 26 heavy (non-hydrogen) atoms. The third-order valence-corrected chi connectivity index (χ3v) is 4.07. The van der Waals surface area contributed by atoms with Crippen LogP contribution in [0.4, 0.5) is 0 Å². The lowest BCUT2D eigenvalue weighted by atomic mass is 10.1. The van der Waals surface area contributed by atoms with Gasteiger partial charge in [0.1, 0.15) is 17.3 Å². The van der Waals surface area contributed by atoms with E-state index in [0.717, 1.165) is 11.1 Å². The molecule has 8 nitrogen and oxygen atoms in total. The second-order valence-corrected chi connectivity index (χ2v) is 5.97. The Morgan fingerprint density at radius 2 is 1.23 bits per heavy atom. The van der Waals surface area contributed by atoms with Crippen molar-refractivity contribution in [1.29, 1.82) is 0 Å². The van der Waals surface area contributed by atoms with Gasteiger partial charge < -0.3 is 9.05 Å². The monoisotopic (exact) mass is 348 g/mol. The maximum Gasteiger partial charge on any atom is 0.239 e. The number of aromatic nitrogens is 6. The molecule has 0 atom stereocenters. The Bertz CT molecular complexity index is 971. The second kappa shape index (κ2) is 6.47. The topological polar surface area (TPSA) is 104 Å². The summed E-state index contributed by atoms with van der Waals surface area (Å²) in [5.41, 5.74) is 3.31. The van der Waals surface area contributed by atoms with Gasteiger partial charge in [-0.1, -0.05) is 22.4 Å². The zero-order chi connectivity index (χ0) is 18.1. The van der Waals surface area contributed by atoms with E-state index in [1.807, 2.05) is 45.0 Å². The van der Waals surface area contributed by atoms with Gasteiger partial charge in [-0.2, -0.15) is 9.97 Å². The highest BCUT2D eigenvalue weighted by molar-refractivity contribution is 5.54. The predicted molar refractivity (Wildman–Crippen MR) is 92.0 cm³/mol. The summed E-state index contributed by atoms with van der Waals surface area (Å²) < 4.78 is 10.8. The van der Waals surface area contributed by atoms with Crippen LogP contribution in [-0.2, 0) is 0 Å². The summed E-state index contributed by atoms with van der Waals surface area (Å²) in [6.45, 7) is 5.76. The smallest absolute Gasteiger partial charge is 0.239 e. The summed E-state index contributed by atoms with van der Waals surface area (Å²) in [6, 6.07) is 7.62. The van der Waals surface area contributed by atoms with Crippen LogP contribution in [-0.4, -0.2) is 30.2 Å². The maximum atomic E-state index is 5.38. The number of rotatable bonds is 4. The van der Waals surface area contributed by atoms with E-state index in [-0.39, 0.29) is 5.92 Å². The van der Waals surface area contributed by atoms with Crippen LogP contribution < -0.4 is 0 Å². The first-order valence-electron chi connectivity index (χ1n) is 8.14. The van der Waals surface area contributed by atoms with E-state index in [1.54, 1.807) is 12.4 Å². The first-order valence-corrected chi connectivity index (χ1v) is 8.14. The highest BCUT2D eigenvalue weighted by Gasteiger charge is 2.24. The molecule has 0 spiro atoms. The number of nitrogens with zero attached hydrogens (tertiary/aromatic N) is 6. The molecule has 0 aliphatic rings. The molecule has 0 amide bonds. The van der Waals surface area contributed by atoms with Gasteiger partial charge in [0.15, 0.2) is 0 Å². The summed E-state index contributed by atoms with van der Waals surface area (Å²) >= 11 is 0. The molecule has 0 aliphatic carbocycles. The van der Waals surface area contributed by atoms with Crippen molar-refractivity contribution in [2.45, 2.75) is 26.7 Å². The summed E-state index contributed by atoms with van der Waals surface area (Å²) in [4.78, 5) is 17.5. The third-order valence-electron chi connectivity index (χ3n) is 4.07. The van der Waals surface area contributed by atoms with Crippen LogP contribution in [0.1, 0.15) is 35.7 Å². The van der Waals surface area contributed by atoms with Crippen molar-refractivity contribution >= 4 is 0 Å². The van der Waals surface area contributed by atoms with Gasteiger partial charge in [0.2, 0.25) is 23.4 Å². The van der Waals surface area contributed by atoms with Crippen LogP contribution in [0.2, 0.25) is 0 Å². The summed E-state index contributed by atoms with van der Waals surface area (Å²) in [5.74, 6) is 1.30. The van der Waals surface area contributed by atoms with Gasteiger partial charge in [-0.05, 0) is 44.0 Å². The minimum Gasteiger partial charge on any atom is -0.338 e. The molecule has 4 heterocycles. The van der Waals surface area contributed by atoms with Gasteiger partial charge in [0.25, 0.3) is 0 Å². The number of hydrogen-bond acceptors (Lipinski definition) is 8. The van der Waals surface area contributed by atoms with Crippen molar-refractivity contribution in [2.24, 2.45) is 0 Å². The van der Waals surface area contributed by atoms with E-state index >= 15 is 0 Å². The molecule has 0 saturated heterocycles.